The number of morpholine rings is 1. The van der Waals surface area contributed by atoms with E-state index in [1.54, 1.807) is 12.0 Å². The molecule has 1 heterocycles. The molecule has 1 N–H and O–H groups in total. The molecule has 5 nitrogen and oxygen atoms in total. The maximum Gasteiger partial charge on any atom is 0.317 e. The van der Waals surface area contributed by atoms with Crippen LogP contribution in [0.3, 0.4) is 0 Å². The highest BCUT2D eigenvalue weighted by atomic mass is 16.5. The van der Waals surface area contributed by atoms with Crippen LogP contribution in [-0.4, -0.2) is 50.4 Å². The van der Waals surface area contributed by atoms with Crippen molar-refractivity contribution in [3.05, 3.63) is 35.4 Å². The van der Waals surface area contributed by atoms with E-state index in [-0.39, 0.29) is 12.1 Å². The second-order valence-electron chi connectivity index (χ2n) is 4.98. The van der Waals surface area contributed by atoms with E-state index in [1.165, 1.54) is 5.56 Å². The number of carbonyl (C=O) groups is 1. The lowest BCUT2D eigenvalue weighted by Gasteiger charge is -2.32. The molecule has 1 fully saturated rings. The standard InChI is InChI=1S/C15H22N2O3/c1-12-5-3-4-6-13(12)9-16-15(18)17-7-8-20-14(10-17)11-19-2/h3-6,14H,7-11H2,1-2H3,(H,16,18)/t14-/m0/s1. The minimum atomic E-state index is -0.0438. The molecule has 5 heteroatoms. The summed E-state index contributed by atoms with van der Waals surface area (Å²) in [5.74, 6) is 0. The number of carbonyl (C=O) groups excluding carboxylic acids is 1. The van der Waals surface area contributed by atoms with E-state index < -0.39 is 0 Å². The molecular formula is C15H22N2O3. The van der Waals surface area contributed by atoms with Crippen molar-refractivity contribution in [2.45, 2.75) is 19.6 Å². The Balaban J connectivity index is 1.84. The predicted octanol–water partition coefficient (Wildman–Crippen LogP) is 1.55. The molecule has 0 unspecified atom stereocenters. The first kappa shape index (κ1) is 14.8. The smallest absolute Gasteiger partial charge is 0.317 e. The second-order valence-corrected chi connectivity index (χ2v) is 4.98. The fourth-order valence-electron chi connectivity index (χ4n) is 2.28. The zero-order valence-corrected chi connectivity index (χ0v) is 12.1. The Hall–Kier alpha value is -1.59. The van der Waals surface area contributed by atoms with Crippen LogP contribution in [0, 0.1) is 6.92 Å². The molecular weight excluding hydrogens is 256 g/mol. The molecule has 0 saturated carbocycles. The van der Waals surface area contributed by atoms with Gasteiger partial charge in [-0.2, -0.15) is 0 Å². The van der Waals surface area contributed by atoms with Crippen LogP contribution >= 0.6 is 0 Å². The number of ether oxygens (including phenoxy) is 2. The monoisotopic (exact) mass is 278 g/mol. The molecule has 1 saturated heterocycles. The minimum absolute atomic E-state index is 0.0297. The van der Waals surface area contributed by atoms with E-state index in [0.29, 0.717) is 32.8 Å². The molecule has 0 aromatic heterocycles. The first-order valence-electron chi connectivity index (χ1n) is 6.88. The number of hydrogen-bond acceptors (Lipinski definition) is 3. The second kappa shape index (κ2) is 7.26. The lowest BCUT2D eigenvalue weighted by molar-refractivity contribution is -0.0494. The normalized spacial score (nSPS) is 18.9. The van der Waals surface area contributed by atoms with Gasteiger partial charge in [-0.05, 0) is 18.1 Å². The summed E-state index contributed by atoms with van der Waals surface area (Å²) in [4.78, 5) is 13.9. The number of amides is 2. The lowest BCUT2D eigenvalue weighted by Crippen LogP contribution is -2.50. The number of nitrogens with one attached hydrogen (secondary N) is 1. The van der Waals surface area contributed by atoms with Gasteiger partial charge in [0.1, 0.15) is 0 Å². The van der Waals surface area contributed by atoms with Crippen LogP contribution in [0.25, 0.3) is 0 Å². The fourth-order valence-corrected chi connectivity index (χ4v) is 2.28. The Kier molecular flexibility index (Phi) is 5.38. The summed E-state index contributed by atoms with van der Waals surface area (Å²) in [7, 11) is 1.64. The minimum Gasteiger partial charge on any atom is -0.382 e. The quantitative estimate of drug-likeness (QED) is 0.909. The highest BCUT2D eigenvalue weighted by molar-refractivity contribution is 5.74. The zero-order chi connectivity index (χ0) is 14.4. The highest BCUT2D eigenvalue weighted by Crippen LogP contribution is 2.08. The number of aryl methyl sites for hydroxylation is 1. The summed E-state index contributed by atoms with van der Waals surface area (Å²) in [6.07, 6.45) is -0.0297. The van der Waals surface area contributed by atoms with Gasteiger partial charge in [0.2, 0.25) is 0 Å². The van der Waals surface area contributed by atoms with Crippen molar-refractivity contribution in [2.75, 3.05) is 33.4 Å². The van der Waals surface area contributed by atoms with Gasteiger partial charge in [-0.3, -0.25) is 0 Å². The van der Waals surface area contributed by atoms with E-state index in [1.807, 2.05) is 31.2 Å². The van der Waals surface area contributed by atoms with Crippen molar-refractivity contribution in [1.82, 2.24) is 10.2 Å². The Morgan fingerprint density at radius 1 is 1.50 bits per heavy atom. The summed E-state index contributed by atoms with van der Waals surface area (Å²) in [6, 6.07) is 8.02. The third-order valence-electron chi connectivity index (χ3n) is 3.47. The van der Waals surface area contributed by atoms with Crippen molar-refractivity contribution in [3.8, 4) is 0 Å². The maximum absolute atomic E-state index is 12.2. The SMILES string of the molecule is COC[C@@H]1CN(C(=O)NCc2ccccc2C)CCO1. The van der Waals surface area contributed by atoms with E-state index >= 15 is 0 Å². The summed E-state index contributed by atoms with van der Waals surface area (Å²) < 4.78 is 10.6. The molecule has 1 aromatic carbocycles. The predicted molar refractivity (Wildman–Crippen MR) is 76.6 cm³/mol. The molecule has 20 heavy (non-hydrogen) atoms. The molecule has 1 atom stereocenters. The summed E-state index contributed by atoms with van der Waals surface area (Å²) >= 11 is 0. The van der Waals surface area contributed by atoms with E-state index in [0.717, 1.165) is 5.56 Å². The summed E-state index contributed by atoms with van der Waals surface area (Å²) in [6.45, 7) is 4.88. The van der Waals surface area contributed by atoms with Crippen LogP contribution in [0.15, 0.2) is 24.3 Å². The number of nitrogens with zero attached hydrogens (tertiary/aromatic N) is 1. The van der Waals surface area contributed by atoms with Crippen molar-refractivity contribution in [2.24, 2.45) is 0 Å². The Morgan fingerprint density at radius 3 is 3.05 bits per heavy atom. The molecule has 1 aliphatic heterocycles. The third-order valence-corrected chi connectivity index (χ3v) is 3.47. The van der Waals surface area contributed by atoms with E-state index in [2.05, 4.69) is 5.32 Å². The molecule has 0 bridgehead atoms. The van der Waals surface area contributed by atoms with Crippen molar-refractivity contribution >= 4 is 6.03 Å². The largest absolute Gasteiger partial charge is 0.382 e. The average molecular weight is 278 g/mol. The third kappa shape index (κ3) is 3.95. The van der Waals surface area contributed by atoms with Crippen LogP contribution in [0.4, 0.5) is 4.79 Å². The van der Waals surface area contributed by atoms with Crippen molar-refractivity contribution in [3.63, 3.8) is 0 Å². The van der Waals surface area contributed by atoms with Gasteiger partial charge >= 0.3 is 6.03 Å². The van der Waals surface area contributed by atoms with Gasteiger partial charge in [0.05, 0.1) is 25.9 Å². The van der Waals surface area contributed by atoms with Crippen LogP contribution in [0.2, 0.25) is 0 Å². The van der Waals surface area contributed by atoms with Gasteiger partial charge in [0.15, 0.2) is 0 Å². The molecule has 2 rings (SSSR count). The van der Waals surface area contributed by atoms with E-state index in [9.17, 15) is 4.79 Å². The number of rotatable bonds is 4. The molecule has 0 radical (unpaired) electrons. The van der Waals surface area contributed by atoms with Crippen LogP contribution in [0.5, 0.6) is 0 Å². The number of benzene rings is 1. The highest BCUT2D eigenvalue weighted by Gasteiger charge is 2.23. The Morgan fingerprint density at radius 2 is 2.30 bits per heavy atom. The van der Waals surface area contributed by atoms with Gasteiger partial charge in [-0.15, -0.1) is 0 Å². The van der Waals surface area contributed by atoms with Crippen LogP contribution < -0.4 is 5.32 Å². The van der Waals surface area contributed by atoms with Crippen LogP contribution in [0.1, 0.15) is 11.1 Å². The molecule has 2 amide bonds. The Bertz CT molecular complexity index is 448. The Labute approximate surface area is 119 Å². The van der Waals surface area contributed by atoms with Crippen LogP contribution in [-0.2, 0) is 16.0 Å². The number of hydrogen-bond donors (Lipinski definition) is 1. The maximum atomic E-state index is 12.2. The summed E-state index contributed by atoms with van der Waals surface area (Å²) in [5, 5.41) is 2.96. The molecule has 0 spiro atoms. The van der Waals surface area contributed by atoms with Gasteiger partial charge in [-0.25, -0.2) is 4.79 Å². The van der Waals surface area contributed by atoms with Gasteiger partial charge in [0.25, 0.3) is 0 Å². The molecule has 110 valence electrons. The number of methoxy groups -OCH3 is 1. The molecule has 1 aromatic rings. The van der Waals surface area contributed by atoms with Crippen molar-refractivity contribution in [1.29, 1.82) is 0 Å². The molecule has 1 aliphatic rings. The van der Waals surface area contributed by atoms with Gasteiger partial charge < -0.3 is 19.7 Å². The first-order valence-corrected chi connectivity index (χ1v) is 6.88. The van der Waals surface area contributed by atoms with Gasteiger partial charge in [-0.1, -0.05) is 24.3 Å². The molecule has 0 aliphatic carbocycles. The number of urea groups is 1. The first-order chi connectivity index (χ1) is 9.70. The fraction of sp³-hybridized carbons (Fsp3) is 0.533. The lowest BCUT2D eigenvalue weighted by atomic mass is 10.1. The van der Waals surface area contributed by atoms with E-state index in [4.69, 9.17) is 9.47 Å². The van der Waals surface area contributed by atoms with Gasteiger partial charge in [0, 0.05) is 20.2 Å². The van der Waals surface area contributed by atoms with Crippen molar-refractivity contribution < 1.29 is 14.3 Å². The summed E-state index contributed by atoms with van der Waals surface area (Å²) in [5.41, 5.74) is 2.33. The topological polar surface area (TPSA) is 50.8 Å². The zero-order valence-electron chi connectivity index (χ0n) is 12.1. The average Bonchev–Trinajstić information content (AvgIpc) is 2.47.